The predicted molar refractivity (Wildman–Crippen MR) is 71.2 cm³/mol. The van der Waals surface area contributed by atoms with E-state index in [-0.39, 0.29) is 11.7 Å². The monoisotopic (exact) mass is 227 g/mol. The molecule has 0 spiro atoms. The summed E-state index contributed by atoms with van der Waals surface area (Å²) in [5.41, 5.74) is 7.50. The van der Waals surface area contributed by atoms with Crippen LogP contribution in [0.25, 0.3) is 10.8 Å². The molecule has 0 radical (unpaired) electrons. The summed E-state index contributed by atoms with van der Waals surface area (Å²) in [6.07, 6.45) is 0. The number of carbonyl (C=O) groups is 1. The Bertz CT molecular complexity index is 560. The van der Waals surface area contributed by atoms with Crippen molar-refractivity contribution in [2.75, 3.05) is 6.54 Å². The predicted octanol–water partition coefficient (Wildman–Crippen LogP) is 2.93. The fourth-order valence-corrected chi connectivity index (χ4v) is 1.91. The van der Waals surface area contributed by atoms with E-state index < -0.39 is 0 Å². The van der Waals surface area contributed by atoms with Crippen molar-refractivity contribution in [1.82, 2.24) is 0 Å². The molecule has 0 saturated carbocycles. The number of nitrogens with two attached hydrogens (primary N) is 1. The zero-order valence-corrected chi connectivity index (χ0v) is 10.2. The number of rotatable bonds is 3. The van der Waals surface area contributed by atoms with Crippen LogP contribution in [0.3, 0.4) is 0 Å². The Morgan fingerprint density at radius 2 is 1.82 bits per heavy atom. The highest BCUT2D eigenvalue weighted by molar-refractivity contribution is 6.01. The molecule has 17 heavy (non-hydrogen) atoms. The number of hydrogen-bond donors (Lipinski definition) is 1. The summed E-state index contributed by atoms with van der Waals surface area (Å²) in [4.78, 5) is 12.0. The van der Waals surface area contributed by atoms with Crippen LogP contribution in [-0.4, -0.2) is 12.3 Å². The van der Waals surface area contributed by atoms with Gasteiger partial charge < -0.3 is 5.73 Å². The topological polar surface area (TPSA) is 43.1 Å². The molecule has 0 bridgehead atoms. The molecule has 0 aliphatic rings. The maximum Gasteiger partial charge on any atom is 0.166 e. The third-order valence-electron chi connectivity index (χ3n) is 3.08. The van der Waals surface area contributed by atoms with Gasteiger partial charge in [0.2, 0.25) is 0 Å². The molecule has 88 valence electrons. The lowest BCUT2D eigenvalue weighted by Gasteiger charge is -2.08. The van der Waals surface area contributed by atoms with E-state index >= 15 is 0 Å². The fourth-order valence-electron chi connectivity index (χ4n) is 1.91. The van der Waals surface area contributed by atoms with Crippen LogP contribution in [0.1, 0.15) is 22.8 Å². The van der Waals surface area contributed by atoms with Gasteiger partial charge in [-0.3, -0.25) is 4.79 Å². The van der Waals surface area contributed by atoms with E-state index in [1.54, 1.807) is 0 Å². The highest BCUT2D eigenvalue weighted by Crippen LogP contribution is 2.19. The van der Waals surface area contributed by atoms with Gasteiger partial charge in [0.15, 0.2) is 5.78 Å². The third-order valence-corrected chi connectivity index (χ3v) is 3.08. The van der Waals surface area contributed by atoms with Gasteiger partial charge in [0.05, 0.1) is 0 Å². The molecule has 2 N–H and O–H groups in total. The Balaban J connectivity index is 2.45. The summed E-state index contributed by atoms with van der Waals surface area (Å²) in [6.45, 7) is 4.32. The van der Waals surface area contributed by atoms with Crippen molar-refractivity contribution in [1.29, 1.82) is 0 Å². The first-order valence-corrected chi connectivity index (χ1v) is 5.86. The molecule has 0 aromatic heterocycles. The molecule has 1 atom stereocenters. The molecule has 0 aliphatic carbocycles. The molecule has 0 aliphatic heterocycles. The minimum absolute atomic E-state index is 0.113. The van der Waals surface area contributed by atoms with E-state index in [9.17, 15) is 4.79 Å². The summed E-state index contributed by atoms with van der Waals surface area (Å²) in [6, 6.07) is 12.1. The standard InChI is InChI=1S/C15H17NO/c1-10-3-4-13-8-14(6-5-12(13)7-10)15(17)11(2)9-16/h3-8,11H,9,16H2,1-2H3. The maximum atomic E-state index is 12.0. The first-order valence-electron chi connectivity index (χ1n) is 5.86. The third kappa shape index (κ3) is 2.37. The van der Waals surface area contributed by atoms with Crippen molar-refractivity contribution < 1.29 is 4.79 Å². The molecule has 0 heterocycles. The van der Waals surface area contributed by atoms with Crippen LogP contribution in [-0.2, 0) is 0 Å². The Morgan fingerprint density at radius 1 is 1.18 bits per heavy atom. The molecule has 2 nitrogen and oxygen atoms in total. The van der Waals surface area contributed by atoms with E-state index in [0.29, 0.717) is 6.54 Å². The van der Waals surface area contributed by atoms with Crippen molar-refractivity contribution in [3.05, 3.63) is 47.5 Å². The van der Waals surface area contributed by atoms with E-state index in [1.807, 2.05) is 25.1 Å². The lowest BCUT2D eigenvalue weighted by atomic mass is 9.96. The smallest absolute Gasteiger partial charge is 0.166 e. The van der Waals surface area contributed by atoms with Crippen molar-refractivity contribution >= 4 is 16.6 Å². The Kier molecular flexibility index (Phi) is 3.25. The van der Waals surface area contributed by atoms with Crippen molar-refractivity contribution in [2.24, 2.45) is 11.7 Å². The van der Waals surface area contributed by atoms with Gasteiger partial charge in [-0.2, -0.15) is 0 Å². The van der Waals surface area contributed by atoms with Crippen LogP contribution >= 0.6 is 0 Å². The molecule has 2 aromatic rings. The van der Waals surface area contributed by atoms with Gasteiger partial charge in [0.25, 0.3) is 0 Å². The van der Waals surface area contributed by atoms with Crippen molar-refractivity contribution in [2.45, 2.75) is 13.8 Å². The van der Waals surface area contributed by atoms with Gasteiger partial charge in [-0.15, -0.1) is 0 Å². The second-order valence-electron chi connectivity index (χ2n) is 4.57. The van der Waals surface area contributed by atoms with E-state index in [1.165, 1.54) is 10.9 Å². The molecule has 0 saturated heterocycles. The van der Waals surface area contributed by atoms with Gasteiger partial charge in [0.1, 0.15) is 0 Å². The number of aryl methyl sites for hydroxylation is 1. The van der Waals surface area contributed by atoms with Gasteiger partial charge >= 0.3 is 0 Å². The second-order valence-corrected chi connectivity index (χ2v) is 4.57. The van der Waals surface area contributed by atoms with E-state index in [4.69, 9.17) is 5.73 Å². The van der Waals surface area contributed by atoms with Crippen LogP contribution < -0.4 is 5.73 Å². The van der Waals surface area contributed by atoms with Gasteiger partial charge in [0, 0.05) is 18.0 Å². The van der Waals surface area contributed by atoms with Crippen LogP contribution in [0.2, 0.25) is 0 Å². The number of fused-ring (bicyclic) bond motifs is 1. The molecule has 2 heteroatoms. The SMILES string of the molecule is Cc1ccc2cc(C(=O)C(C)CN)ccc2c1. The summed E-state index contributed by atoms with van der Waals surface area (Å²) in [5, 5.41) is 2.27. The molecule has 0 amide bonds. The lowest BCUT2D eigenvalue weighted by molar-refractivity contribution is 0.0934. The van der Waals surface area contributed by atoms with Gasteiger partial charge in [-0.25, -0.2) is 0 Å². The molecule has 2 rings (SSSR count). The van der Waals surface area contributed by atoms with Gasteiger partial charge in [-0.1, -0.05) is 42.8 Å². The lowest BCUT2D eigenvalue weighted by Crippen LogP contribution is -2.20. The Morgan fingerprint density at radius 3 is 2.53 bits per heavy atom. The average Bonchev–Trinajstić information content (AvgIpc) is 2.36. The molecular formula is C15H17NO. The minimum atomic E-state index is -0.113. The first kappa shape index (κ1) is 11.8. The number of benzene rings is 2. The Hall–Kier alpha value is -1.67. The largest absolute Gasteiger partial charge is 0.330 e. The first-order chi connectivity index (χ1) is 8.11. The zero-order chi connectivity index (χ0) is 12.4. The maximum absolute atomic E-state index is 12.0. The van der Waals surface area contributed by atoms with Crippen molar-refractivity contribution in [3.63, 3.8) is 0 Å². The van der Waals surface area contributed by atoms with Crippen LogP contribution in [0, 0.1) is 12.8 Å². The summed E-state index contributed by atoms with van der Waals surface area (Å²) >= 11 is 0. The fraction of sp³-hybridized carbons (Fsp3) is 0.267. The highest BCUT2D eigenvalue weighted by atomic mass is 16.1. The summed E-state index contributed by atoms with van der Waals surface area (Å²) < 4.78 is 0. The number of ketones is 1. The normalized spacial score (nSPS) is 12.6. The number of Topliss-reactive ketones (excluding diaryl/α,β-unsaturated/α-hetero) is 1. The molecule has 1 unspecified atom stereocenters. The van der Waals surface area contributed by atoms with E-state index in [2.05, 4.69) is 25.1 Å². The van der Waals surface area contributed by atoms with Crippen molar-refractivity contribution in [3.8, 4) is 0 Å². The summed E-state index contributed by atoms with van der Waals surface area (Å²) in [5.74, 6) is 0.00729. The zero-order valence-electron chi connectivity index (χ0n) is 10.2. The van der Waals surface area contributed by atoms with E-state index in [0.717, 1.165) is 10.9 Å². The molecule has 0 fully saturated rings. The Labute approximate surface area is 101 Å². The quantitative estimate of drug-likeness (QED) is 0.819. The average molecular weight is 227 g/mol. The van der Waals surface area contributed by atoms with Crippen LogP contribution in [0.15, 0.2) is 36.4 Å². The molecular weight excluding hydrogens is 210 g/mol. The highest BCUT2D eigenvalue weighted by Gasteiger charge is 2.13. The number of hydrogen-bond acceptors (Lipinski definition) is 2. The van der Waals surface area contributed by atoms with Crippen LogP contribution in [0.4, 0.5) is 0 Å². The van der Waals surface area contributed by atoms with Crippen LogP contribution in [0.5, 0.6) is 0 Å². The second kappa shape index (κ2) is 4.68. The molecule has 2 aromatic carbocycles. The summed E-state index contributed by atoms with van der Waals surface area (Å²) in [7, 11) is 0. The van der Waals surface area contributed by atoms with Gasteiger partial charge in [-0.05, 0) is 23.8 Å². The minimum Gasteiger partial charge on any atom is -0.330 e. The number of carbonyl (C=O) groups excluding carboxylic acids is 1.